The van der Waals surface area contributed by atoms with E-state index in [2.05, 4.69) is 17.1 Å². The van der Waals surface area contributed by atoms with Crippen LogP contribution >= 0.6 is 0 Å². The number of benzene rings is 2. The molecule has 0 spiro atoms. The van der Waals surface area contributed by atoms with Crippen molar-refractivity contribution in [1.29, 1.82) is 0 Å². The molecule has 120 valence electrons. The Labute approximate surface area is 146 Å². The summed E-state index contributed by atoms with van der Waals surface area (Å²) in [7, 11) is 0. The average Bonchev–Trinajstić information content (AvgIpc) is 3.13. The maximum absolute atomic E-state index is 6.04. The zero-order chi connectivity index (χ0) is 16.9. The van der Waals surface area contributed by atoms with Crippen molar-refractivity contribution in [1.82, 2.24) is 9.97 Å². The molecular weight excluding hydrogens is 308 g/mol. The monoisotopic (exact) mass is 324 g/mol. The Hall–Kier alpha value is -3.46. The van der Waals surface area contributed by atoms with Crippen molar-refractivity contribution < 1.29 is 4.42 Å². The normalized spacial score (nSPS) is 11.0. The van der Waals surface area contributed by atoms with E-state index in [0.29, 0.717) is 5.89 Å². The van der Waals surface area contributed by atoms with E-state index in [0.717, 1.165) is 28.1 Å². The molecule has 0 saturated carbocycles. The van der Waals surface area contributed by atoms with Gasteiger partial charge in [0.2, 0.25) is 5.89 Å². The second kappa shape index (κ2) is 6.97. The van der Waals surface area contributed by atoms with Crippen molar-refractivity contribution in [2.45, 2.75) is 0 Å². The molecule has 3 heteroatoms. The van der Waals surface area contributed by atoms with Crippen molar-refractivity contribution in [3.8, 4) is 22.7 Å². The summed E-state index contributed by atoms with van der Waals surface area (Å²) < 4.78 is 6.04. The third-order valence-electron chi connectivity index (χ3n) is 3.84. The quantitative estimate of drug-likeness (QED) is 0.492. The van der Waals surface area contributed by atoms with Crippen LogP contribution in [0.3, 0.4) is 0 Å². The van der Waals surface area contributed by atoms with E-state index in [-0.39, 0.29) is 0 Å². The molecule has 2 heterocycles. The predicted molar refractivity (Wildman–Crippen MR) is 101 cm³/mol. The van der Waals surface area contributed by atoms with Crippen LogP contribution in [0.5, 0.6) is 0 Å². The smallest absolute Gasteiger partial charge is 0.228 e. The van der Waals surface area contributed by atoms with Crippen LogP contribution in [-0.4, -0.2) is 9.97 Å². The first-order valence-electron chi connectivity index (χ1n) is 8.10. The third kappa shape index (κ3) is 3.40. The molecule has 0 atom stereocenters. The molecule has 0 aliphatic carbocycles. The summed E-state index contributed by atoms with van der Waals surface area (Å²) in [5, 5.41) is 0. The molecule has 4 aromatic rings. The van der Waals surface area contributed by atoms with Crippen molar-refractivity contribution in [3.63, 3.8) is 0 Å². The van der Waals surface area contributed by atoms with E-state index in [9.17, 15) is 0 Å². The molecule has 4 rings (SSSR count). The Morgan fingerprint density at radius 3 is 2.16 bits per heavy atom. The van der Waals surface area contributed by atoms with Gasteiger partial charge < -0.3 is 4.42 Å². The van der Waals surface area contributed by atoms with Crippen molar-refractivity contribution in [2.75, 3.05) is 0 Å². The highest BCUT2D eigenvalue weighted by molar-refractivity contribution is 5.77. The van der Waals surface area contributed by atoms with Gasteiger partial charge in [-0.2, -0.15) is 0 Å². The van der Waals surface area contributed by atoms with Crippen LogP contribution < -0.4 is 0 Å². The van der Waals surface area contributed by atoms with Gasteiger partial charge in [-0.15, -0.1) is 0 Å². The number of hydrogen-bond acceptors (Lipinski definition) is 3. The lowest BCUT2D eigenvalue weighted by atomic mass is 10.1. The molecule has 0 saturated heterocycles. The highest BCUT2D eigenvalue weighted by atomic mass is 16.4. The van der Waals surface area contributed by atoms with Crippen LogP contribution in [0.4, 0.5) is 0 Å². The molecule has 0 radical (unpaired) electrons. The summed E-state index contributed by atoms with van der Waals surface area (Å²) in [6.45, 7) is 0. The van der Waals surface area contributed by atoms with Gasteiger partial charge in [-0.25, -0.2) is 4.98 Å². The summed E-state index contributed by atoms with van der Waals surface area (Å²) in [4.78, 5) is 8.85. The van der Waals surface area contributed by atoms with E-state index in [1.54, 1.807) is 12.4 Å². The van der Waals surface area contributed by atoms with Crippen molar-refractivity contribution in [3.05, 3.63) is 96.5 Å². The summed E-state index contributed by atoms with van der Waals surface area (Å²) in [6.07, 6.45) is 7.48. The van der Waals surface area contributed by atoms with Gasteiger partial charge in [-0.1, -0.05) is 66.7 Å². The zero-order valence-electron chi connectivity index (χ0n) is 13.5. The first-order valence-corrected chi connectivity index (χ1v) is 8.10. The summed E-state index contributed by atoms with van der Waals surface area (Å²) in [5.74, 6) is 1.30. The summed E-state index contributed by atoms with van der Waals surface area (Å²) in [6, 6.07) is 24.0. The Kier molecular flexibility index (Phi) is 4.21. The average molecular weight is 324 g/mol. The zero-order valence-corrected chi connectivity index (χ0v) is 13.5. The van der Waals surface area contributed by atoms with Crippen LogP contribution in [0.25, 0.3) is 34.9 Å². The van der Waals surface area contributed by atoms with Crippen LogP contribution in [-0.2, 0) is 0 Å². The van der Waals surface area contributed by atoms with E-state index in [1.165, 1.54) is 0 Å². The first kappa shape index (κ1) is 15.1. The number of nitrogens with zero attached hydrogens (tertiary/aromatic N) is 2. The second-order valence-corrected chi connectivity index (χ2v) is 5.58. The van der Waals surface area contributed by atoms with Gasteiger partial charge in [0, 0.05) is 18.0 Å². The lowest BCUT2D eigenvalue weighted by Crippen LogP contribution is -1.81. The number of hydrogen-bond donors (Lipinski definition) is 0. The summed E-state index contributed by atoms with van der Waals surface area (Å²) >= 11 is 0. The van der Waals surface area contributed by atoms with Crippen LogP contribution in [0.1, 0.15) is 11.3 Å². The number of aromatic nitrogens is 2. The van der Waals surface area contributed by atoms with E-state index in [4.69, 9.17) is 9.40 Å². The van der Waals surface area contributed by atoms with Gasteiger partial charge in [0.15, 0.2) is 5.76 Å². The van der Waals surface area contributed by atoms with E-state index < -0.39 is 0 Å². The highest BCUT2D eigenvalue weighted by Gasteiger charge is 2.14. The van der Waals surface area contributed by atoms with Gasteiger partial charge >= 0.3 is 0 Å². The number of pyridine rings is 1. The molecule has 0 N–H and O–H groups in total. The minimum absolute atomic E-state index is 0.569. The topological polar surface area (TPSA) is 38.9 Å². The van der Waals surface area contributed by atoms with Crippen molar-refractivity contribution in [2.24, 2.45) is 0 Å². The lowest BCUT2D eigenvalue weighted by Gasteiger charge is -1.97. The van der Waals surface area contributed by atoms with Crippen molar-refractivity contribution >= 4 is 12.2 Å². The molecule has 0 amide bonds. The van der Waals surface area contributed by atoms with Crippen LogP contribution in [0, 0.1) is 0 Å². The molecule has 0 bridgehead atoms. The molecular formula is C22H16N2O. The SMILES string of the molecule is C(=Cc1oc(-c2cccnc2)nc1-c1ccccc1)c1ccccc1. The standard InChI is InChI=1S/C22H16N2O/c1-3-8-17(9-4-1)13-14-20-21(18-10-5-2-6-11-18)24-22(25-20)19-12-7-15-23-16-19/h1-16H. The maximum atomic E-state index is 6.04. The van der Waals surface area contributed by atoms with Gasteiger partial charge in [0.05, 0.1) is 5.56 Å². The Balaban J connectivity index is 1.78. The van der Waals surface area contributed by atoms with Crippen LogP contribution in [0.2, 0.25) is 0 Å². The van der Waals surface area contributed by atoms with Gasteiger partial charge in [0.1, 0.15) is 5.69 Å². The largest absolute Gasteiger partial charge is 0.436 e. The highest BCUT2D eigenvalue weighted by Crippen LogP contribution is 2.30. The number of rotatable bonds is 4. The van der Waals surface area contributed by atoms with E-state index >= 15 is 0 Å². The third-order valence-corrected chi connectivity index (χ3v) is 3.84. The fourth-order valence-electron chi connectivity index (χ4n) is 2.60. The minimum atomic E-state index is 0.569. The maximum Gasteiger partial charge on any atom is 0.228 e. The van der Waals surface area contributed by atoms with E-state index in [1.807, 2.05) is 72.8 Å². The molecule has 0 unspecified atom stereocenters. The molecule has 0 fully saturated rings. The number of oxazole rings is 1. The van der Waals surface area contributed by atoms with Gasteiger partial charge in [-0.3, -0.25) is 4.98 Å². The fraction of sp³-hybridized carbons (Fsp3) is 0. The second-order valence-electron chi connectivity index (χ2n) is 5.58. The van der Waals surface area contributed by atoms with Crippen LogP contribution in [0.15, 0.2) is 89.6 Å². The first-order chi connectivity index (χ1) is 12.4. The molecule has 3 nitrogen and oxygen atoms in total. The molecule has 0 aliphatic rings. The molecule has 0 aliphatic heterocycles. The Bertz CT molecular complexity index is 974. The minimum Gasteiger partial charge on any atom is -0.436 e. The molecule has 2 aromatic heterocycles. The molecule has 2 aromatic carbocycles. The van der Waals surface area contributed by atoms with Gasteiger partial charge in [0.25, 0.3) is 0 Å². The Morgan fingerprint density at radius 2 is 1.44 bits per heavy atom. The Morgan fingerprint density at radius 1 is 0.720 bits per heavy atom. The molecule has 25 heavy (non-hydrogen) atoms. The van der Waals surface area contributed by atoms with Gasteiger partial charge in [-0.05, 0) is 23.8 Å². The fourth-order valence-corrected chi connectivity index (χ4v) is 2.60. The lowest BCUT2D eigenvalue weighted by molar-refractivity contribution is 0.565. The predicted octanol–water partition coefficient (Wildman–Crippen LogP) is 5.57. The summed E-state index contributed by atoms with van der Waals surface area (Å²) in [5.41, 5.74) is 3.82.